The minimum absolute atomic E-state index is 0.0645. The summed E-state index contributed by atoms with van der Waals surface area (Å²) >= 11 is 0. The van der Waals surface area contributed by atoms with E-state index in [2.05, 4.69) is 9.97 Å². The number of aliphatic hydroxyl groups excluding tert-OH is 1. The fourth-order valence-electron chi connectivity index (χ4n) is 0.851. The lowest BCUT2D eigenvalue weighted by Gasteiger charge is -2.06. The lowest BCUT2D eigenvalue weighted by molar-refractivity contribution is 0.268. The third kappa shape index (κ3) is 2.48. The summed E-state index contributed by atoms with van der Waals surface area (Å²) in [5.74, 6) is 0.215. The molecule has 1 atom stereocenters. The van der Waals surface area contributed by atoms with Crippen LogP contribution in [0.2, 0.25) is 0 Å². The maximum Gasteiger partial charge on any atom is 0.508 e. The average Bonchev–Trinajstić information content (AvgIpc) is 2.17. The van der Waals surface area contributed by atoms with Crippen molar-refractivity contribution in [2.45, 2.75) is 12.8 Å². The van der Waals surface area contributed by atoms with E-state index in [1.165, 1.54) is 12.3 Å². The van der Waals surface area contributed by atoms with E-state index in [0.717, 1.165) is 0 Å². The van der Waals surface area contributed by atoms with Crippen LogP contribution >= 0.6 is 0 Å². The summed E-state index contributed by atoms with van der Waals surface area (Å²) in [4.78, 5) is 7.77. The summed E-state index contributed by atoms with van der Waals surface area (Å²) in [6.07, 6.45) is 1.43. The number of rotatable bonds is 3. The van der Waals surface area contributed by atoms with E-state index in [0.29, 0.717) is 5.82 Å². The lowest BCUT2D eigenvalue weighted by Crippen LogP contribution is -2.34. The number of hydrogen-bond donors (Lipinski definition) is 3. The van der Waals surface area contributed by atoms with Gasteiger partial charge >= 0.3 is 7.12 Å². The number of aromatic nitrogens is 2. The van der Waals surface area contributed by atoms with Crippen LogP contribution in [0.25, 0.3) is 0 Å². The first kappa shape index (κ1) is 10.1. The third-order valence-corrected chi connectivity index (χ3v) is 1.67. The van der Waals surface area contributed by atoms with E-state index in [4.69, 9.17) is 15.2 Å². The Labute approximate surface area is 76.2 Å². The summed E-state index contributed by atoms with van der Waals surface area (Å²) in [5.41, 5.74) is 0.144. The Morgan fingerprint density at radius 2 is 2.23 bits per heavy atom. The summed E-state index contributed by atoms with van der Waals surface area (Å²) in [6, 6.07) is 1.41. The Bertz CT molecular complexity index is 282. The van der Waals surface area contributed by atoms with Gasteiger partial charge in [0.15, 0.2) is 0 Å². The first-order valence-electron chi connectivity index (χ1n) is 3.95. The quantitative estimate of drug-likeness (QED) is 0.482. The van der Waals surface area contributed by atoms with Gasteiger partial charge in [-0.2, -0.15) is 0 Å². The highest BCUT2D eigenvalue weighted by molar-refractivity contribution is 6.57. The van der Waals surface area contributed by atoms with Crippen molar-refractivity contribution in [3.05, 3.63) is 18.1 Å². The summed E-state index contributed by atoms with van der Waals surface area (Å²) in [6.45, 7) is 1.69. The first-order chi connectivity index (χ1) is 6.15. The summed E-state index contributed by atoms with van der Waals surface area (Å²) in [7, 11) is -1.59. The predicted octanol–water partition coefficient (Wildman–Crippen LogP) is -1.75. The summed E-state index contributed by atoms with van der Waals surface area (Å²) in [5, 5.41) is 26.4. The molecule has 70 valence electrons. The van der Waals surface area contributed by atoms with E-state index < -0.39 is 7.12 Å². The minimum atomic E-state index is -1.59. The molecule has 0 radical (unpaired) electrons. The Hall–Kier alpha value is -0.975. The molecule has 3 N–H and O–H groups in total. The van der Waals surface area contributed by atoms with Gasteiger partial charge in [0.25, 0.3) is 0 Å². The second-order valence-electron chi connectivity index (χ2n) is 2.80. The van der Waals surface area contributed by atoms with Crippen molar-refractivity contribution < 1.29 is 15.2 Å². The van der Waals surface area contributed by atoms with Crippen molar-refractivity contribution in [1.82, 2.24) is 9.97 Å². The zero-order valence-electron chi connectivity index (χ0n) is 7.25. The molecule has 6 heteroatoms. The van der Waals surface area contributed by atoms with E-state index in [9.17, 15) is 0 Å². The van der Waals surface area contributed by atoms with Crippen LogP contribution in [0.5, 0.6) is 0 Å². The van der Waals surface area contributed by atoms with Crippen LogP contribution in [0.1, 0.15) is 18.7 Å². The molecule has 5 nitrogen and oxygen atoms in total. The van der Waals surface area contributed by atoms with Gasteiger partial charge in [0.05, 0.1) is 12.2 Å². The van der Waals surface area contributed by atoms with Gasteiger partial charge in [-0.1, -0.05) is 6.92 Å². The Morgan fingerprint density at radius 3 is 2.77 bits per heavy atom. The molecule has 0 saturated carbocycles. The molecule has 0 fully saturated rings. The van der Waals surface area contributed by atoms with Gasteiger partial charge in [0.2, 0.25) is 0 Å². The topological polar surface area (TPSA) is 86.5 Å². The largest absolute Gasteiger partial charge is 0.508 e. The Balaban J connectivity index is 2.91. The molecule has 0 aromatic carbocycles. The Kier molecular flexibility index (Phi) is 3.35. The SMILES string of the molecule is CC(CO)c1nccc(B(O)O)n1. The maximum atomic E-state index is 8.81. The van der Waals surface area contributed by atoms with Crippen molar-refractivity contribution in [2.75, 3.05) is 6.61 Å². The van der Waals surface area contributed by atoms with Crippen LogP contribution in [-0.4, -0.2) is 38.8 Å². The molecular weight excluding hydrogens is 171 g/mol. The molecule has 0 bridgehead atoms. The number of aliphatic hydroxyl groups is 1. The molecular formula is C7H11BN2O3. The normalized spacial score (nSPS) is 12.6. The molecule has 1 rings (SSSR count). The van der Waals surface area contributed by atoms with Crippen molar-refractivity contribution in [3.8, 4) is 0 Å². The third-order valence-electron chi connectivity index (χ3n) is 1.67. The van der Waals surface area contributed by atoms with Gasteiger partial charge in [0, 0.05) is 12.1 Å². The van der Waals surface area contributed by atoms with Crippen molar-refractivity contribution in [1.29, 1.82) is 0 Å². The van der Waals surface area contributed by atoms with Gasteiger partial charge in [-0.15, -0.1) is 0 Å². The fraction of sp³-hybridized carbons (Fsp3) is 0.429. The second kappa shape index (κ2) is 4.31. The van der Waals surface area contributed by atoms with Crippen molar-refractivity contribution >= 4 is 12.7 Å². The molecule has 1 unspecified atom stereocenters. The van der Waals surface area contributed by atoms with Crippen molar-refractivity contribution in [2.24, 2.45) is 0 Å². The molecule has 0 aliphatic carbocycles. The van der Waals surface area contributed by atoms with Gasteiger partial charge in [0.1, 0.15) is 5.82 Å². The van der Waals surface area contributed by atoms with Crippen LogP contribution in [0.15, 0.2) is 12.3 Å². The minimum Gasteiger partial charge on any atom is -0.422 e. The van der Waals surface area contributed by atoms with Gasteiger partial charge < -0.3 is 15.2 Å². The van der Waals surface area contributed by atoms with Gasteiger partial charge in [-0.25, -0.2) is 9.97 Å². The molecule has 13 heavy (non-hydrogen) atoms. The molecule has 0 spiro atoms. The zero-order chi connectivity index (χ0) is 9.84. The number of nitrogens with zero attached hydrogens (tertiary/aromatic N) is 2. The first-order valence-corrected chi connectivity index (χ1v) is 3.95. The highest BCUT2D eigenvalue weighted by Gasteiger charge is 2.15. The van der Waals surface area contributed by atoms with E-state index in [-0.39, 0.29) is 18.1 Å². The van der Waals surface area contributed by atoms with Gasteiger partial charge in [-0.3, -0.25) is 0 Å². The smallest absolute Gasteiger partial charge is 0.422 e. The highest BCUT2D eigenvalue weighted by atomic mass is 16.4. The van der Waals surface area contributed by atoms with Crippen LogP contribution in [0.3, 0.4) is 0 Å². The lowest BCUT2D eigenvalue weighted by atomic mass is 9.86. The molecule has 1 aromatic rings. The van der Waals surface area contributed by atoms with Crippen LogP contribution in [-0.2, 0) is 0 Å². The highest BCUT2D eigenvalue weighted by Crippen LogP contribution is 2.05. The number of hydrogen-bond acceptors (Lipinski definition) is 5. The monoisotopic (exact) mass is 182 g/mol. The Morgan fingerprint density at radius 1 is 1.54 bits per heavy atom. The van der Waals surface area contributed by atoms with E-state index >= 15 is 0 Å². The van der Waals surface area contributed by atoms with E-state index in [1.54, 1.807) is 6.92 Å². The van der Waals surface area contributed by atoms with E-state index in [1.807, 2.05) is 0 Å². The standard InChI is InChI=1S/C7H11BN2O3/c1-5(4-11)7-9-3-2-6(10-7)8(12)13/h2-3,5,11-13H,4H2,1H3. The van der Waals surface area contributed by atoms with Crippen LogP contribution in [0.4, 0.5) is 0 Å². The maximum absolute atomic E-state index is 8.81. The predicted molar refractivity (Wildman–Crippen MR) is 47.4 cm³/mol. The molecule has 0 saturated heterocycles. The zero-order valence-corrected chi connectivity index (χ0v) is 7.25. The molecule has 1 heterocycles. The molecule has 0 aliphatic heterocycles. The van der Waals surface area contributed by atoms with Crippen molar-refractivity contribution in [3.63, 3.8) is 0 Å². The van der Waals surface area contributed by atoms with Crippen LogP contribution in [0, 0.1) is 0 Å². The molecule has 0 amide bonds. The van der Waals surface area contributed by atoms with Gasteiger partial charge in [-0.05, 0) is 6.07 Å². The second-order valence-corrected chi connectivity index (χ2v) is 2.80. The molecule has 1 aromatic heterocycles. The average molecular weight is 182 g/mol. The fourth-order valence-corrected chi connectivity index (χ4v) is 0.851. The molecule has 0 aliphatic rings. The van der Waals surface area contributed by atoms with Crippen LogP contribution < -0.4 is 5.59 Å². The summed E-state index contributed by atoms with van der Waals surface area (Å²) < 4.78 is 0.